The molecule has 0 aliphatic heterocycles. The van der Waals surface area contributed by atoms with Crippen molar-refractivity contribution in [3.8, 4) is 0 Å². The Morgan fingerprint density at radius 2 is 2.19 bits per heavy atom. The number of nitrogens with one attached hydrogen (secondary N) is 1. The second-order valence-electron chi connectivity index (χ2n) is 4.84. The molecule has 0 amide bonds. The molecule has 0 spiro atoms. The molecule has 4 aromatic rings. The number of aryl methyl sites for hydroxylation is 1. The maximum absolute atomic E-state index is 4.62. The van der Waals surface area contributed by atoms with Crippen molar-refractivity contribution in [2.24, 2.45) is 0 Å². The van der Waals surface area contributed by atoms with Crippen molar-refractivity contribution in [2.75, 3.05) is 5.32 Å². The highest BCUT2D eigenvalue weighted by molar-refractivity contribution is 7.16. The van der Waals surface area contributed by atoms with Crippen LogP contribution in [0.2, 0.25) is 0 Å². The zero-order valence-corrected chi connectivity index (χ0v) is 12.3. The van der Waals surface area contributed by atoms with Crippen LogP contribution < -0.4 is 5.32 Å². The highest BCUT2D eigenvalue weighted by Crippen LogP contribution is 2.24. The van der Waals surface area contributed by atoms with Gasteiger partial charge >= 0.3 is 0 Å². The molecule has 0 aliphatic carbocycles. The minimum Gasteiger partial charge on any atom is -0.364 e. The molecule has 6 heteroatoms. The predicted octanol–water partition coefficient (Wildman–Crippen LogP) is 3.26. The lowest BCUT2D eigenvalue weighted by molar-refractivity contribution is 1.05. The van der Waals surface area contributed by atoms with E-state index < -0.39 is 0 Å². The maximum Gasteiger partial charge on any atom is 0.138 e. The van der Waals surface area contributed by atoms with Crippen molar-refractivity contribution in [1.82, 2.24) is 19.4 Å². The molecule has 4 aromatic heterocycles. The van der Waals surface area contributed by atoms with E-state index in [1.165, 1.54) is 5.69 Å². The van der Waals surface area contributed by atoms with Gasteiger partial charge in [-0.1, -0.05) is 6.07 Å². The highest BCUT2D eigenvalue weighted by Gasteiger charge is 2.06. The SMILES string of the molecule is Cc1cccc2nc(CNc3ncnc4sccc34)cn12. The molecule has 0 atom stereocenters. The summed E-state index contributed by atoms with van der Waals surface area (Å²) in [5.41, 5.74) is 3.13. The van der Waals surface area contributed by atoms with Crippen LogP contribution in [0.15, 0.2) is 42.2 Å². The van der Waals surface area contributed by atoms with Crippen LogP contribution >= 0.6 is 11.3 Å². The van der Waals surface area contributed by atoms with Crippen molar-refractivity contribution in [1.29, 1.82) is 0 Å². The van der Waals surface area contributed by atoms with Crippen LogP contribution in [0.3, 0.4) is 0 Å². The van der Waals surface area contributed by atoms with Crippen LogP contribution in [-0.2, 0) is 6.54 Å². The van der Waals surface area contributed by atoms with E-state index in [-0.39, 0.29) is 0 Å². The van der Waals surface area contributed by atoms with Gasteiger partial charge in [0.05, 0.1) is 17.6 Å². The molecular formula is C15H13N5S. The van der Waals surface area contributed by atoms with Gasteiger partial charge in [-0.05, 0) is 30.5 Å². The number of hydrogen-bond donors (Lipinski definition) is 1. The molecule has 1 N–H and O–H groups in total. The lowest BCUT2D eigenvalue weighted by Gasteiger charge is -2.03. The average molecular weight is 295 g/mol. The molecule has 0 fully saturated rings. The smallest absolute Gasteiger partial charge is 0.138 e. The maximum atomic E-state index is 4.62. The van der Waals surface area contributed by atoms with Gasteiger partial charge < -0.3 is 9.72 Å². The molecule has 0 unspecified atom stereocenters. The van der Waals surface area contributed by atoms with Crippen molar-refractivity contribution >= 4 is 33.0 Å². The van der Waals surface area contributed by atoms with Gasteiger partial charge in [0.15, 0.2) is 0 Å². The standard InChI is InChI=1S/C15H13N5S/c1-10-3-2-4-13-19-11(8-20(10)13)7-16-14-12-5-6-21-15(12)18-9-17-14/h2-6,8-9H,7H2,1H3,(H,16,17,18). The first-order chi connectivity index (χ1) is 10.3. The molecule has 0 saturated heterocycles. The first-order valence-electron chi connectivity index (χ1n) is 6.67. The summed E-state index contributed by atoms with van der Waals surface area (Å²) in [6.45, 7) is 2.72. The monoisotopic (exact) mass is 295 g/mol. The molecule has 0 radical (unpaired) electrons. The van der Waals surface area contributed by atoms with Crippen LogP contribution in [-0.4, -0.2) is 19.4 Å². The number of pyridine rings is 1. The quantitative estimate of drug-likeness (QED) is 0.630. The predicted molar refractivity (Wildman–Crippen MR) is 84.7 cm³/mol. The fourth-order valence-corrected chi connectivity index (χ4v) is 3.12. The molecule has 104 valence electrons. The van der Waals surface area contributed by atoms with Crippen LogP contribution in [0.1, 0.15) is 11.4 Å². The normalized spacial score (nSPS) is 11.3. The third kappa shape index (κ3) is 2.13. The molecule has 0 saturated carbocycles. The Hall–Kier alpha value is -2.47. The number of aromatic nitrogens is 4. The fraction of sp³-hybridized carbons (Fsp3) is 0.133. The molecular weight excluding hydrogens is 282 g/mol. The van der Waals surface area contributed by atoms with E-state index in [0.717, 1.165) is 27.4 Å². The summed E-state index contributed by atoms with van der Waals surface area (Å²) in [7, 11) is 0. The third-order valence-corrected chi connectivity index (χ3v) is 4.27. The summed E-state index contributed by atoms with van der Waals surface area (Å²) in [4.78, 5) is 14.2. The van der Waals surface area contributed by atoms with Crippen LogP contribution in [0.5, 0.6) is 0 Å². The largest absolute Gasteiger partial charge is 0.364 e. The van der Waals surface area contributed by atoms with Crippen molar-refractivity contribution in [3.05, 3.63) is 53.6 Å². The van der Waals surface area contributed by atoms with Crippen molar-refractivity contribution < 1.29 is 0 Å². The average Bonchev–Trinajstić information content (AvgIpc) is 3.12. The first-order valence-corrected chi connectivity index (χ1v) is 7.55. The van der Waals surface area contributed by atoms with Crippen molar-refractivity contribution in [3.63, 3.8) is 0 Å². The number of nitrogens with zero attached hydrogens (tertiary/aromatic N) is 4. The summed E-state index contributed by atoms with van der Waals surface area (Å²) in [6.07, 6.45) is 3.65. The van der Waals surface area contributed by atoms with Gasteiger partial charge in [0.2, 0.25) is 0 Å². The van der Waals surface area contributed by atoms with E-state index in [1.54, 1.807) is 17.7 Å². The summed E-state index contributed by atoms with van der Waals surface area (Å²) >= 11 is 1.62. The number of imidazole rings is 1. The molecule has 0 aromatic carbocycles. The van der Waals surface area contributed by atoms with Gasteiger partial charge in [-0.3, -0.25) is 0 Å². The summed E-state index contributed by atoms with van der Waals surface area (Å²) < 4.78 is 2.09. The van der Waals surface area contributed by atoms with Gasteiger partial charge in [0.1, 0.15) is 22.6 Å². The van der Waals surface area contributed by atoms with E-state index in [9.17, 15) is 0 Å². The Bertz CT molecular complexity index is 924. The number of hydrogen-bond acceptors (Lipinski definition) is 5. The Kier molecular flexibility index (Phi) is 2.82. The third-order valence-electron chi connectivity index (χ3n) is 3.44. The summed E-state index contributed by atoms with van der Waals surface area (Å²) in [5, 5.41) is 6.43. The van der Waals surface area contributed by atoms with Crippen molar-refractivity contribution in [2.45, 2.75) is 13.5 Å². The van der Waals surface area contributed by atoms with E-state index in [4.69, 9.17) is 0 Å². The second-order valence-corrected chi connectivity index (χ2v) is 5.74. The van der Waals surface area contributed by atoms with Gasteiger partial charge in [0, 0.05) is 11.9 Å². The zero-order chi connectivity index (χ0) is 14.2. The van der Waals surface area contributed by atoms with E-state index in [2.05, 4.69) is 43.9 Å². The van der Waals surface area contributed by atoms with Crippen LogP contribution in [0.25, 0.3) is 15.9 Å². The fourth-order valence-electron chi connectivity index (χ4n) is 2.39. The summed E-state index contributed by atoms with van der Waals surface area (Å²) in [5.74, 6) is 0.857. The minimum atomic E-state index is 0.642. The van der Waals surface area contributed by atoms with Gasteiger partial charge in [-0.25, -0.2) is 15.0 Å². The molecule has 4 rings (SSSR count). The number of rotatable bonds is 3. The van der Waals surface area contributed by atoms with Crippen LogP contribution in [0, 0.1) is 6.92 Å². The van der Waals surface area contributed by atoms with E-state index in [0.29, 0.717) is 6.54 Å². The van der Waals surface area contributed by atoms with Gasteiger partial charge in [0.25, 0.3) is 0 Å². The Labute approximate surface area is 125 Å². The number of anilines is 1. The second kappa shape index (κ2) is 4.82. The Morgan fingerprint density at radius 1 is 1.24 bits per heavy atom. The Morgan fingerprint density at radius 3 is 3.10 bits per heavy atom. The van der Waals surface area contributed by atoms with Gasteiger partial charge in [-0.2, -0.15) is 0 Å². The van der Waals surface area contributed by atoms with Gasteiger partial charge in [-0.15, -0.1) is 11.3 Å². The zero-order valence-electron chi connectivity index (χ0n) is 11.4. The minimum absolute atomic E-state index is 0.642. The lowest BCUT2D eigenvalue weighted by atomic mass is 10.3. The molecule has 0 aliphatic rings. The van der Waals surface area contributed by atoms with E-state index >= 15 is 0 Å². The number of thiophene rings is 1. The van der Waals surface area contributed by atoms with Crippen LogP contribution in [0.4, 0.5) is 5.82 Å². The lowest BCUT2D eigenvalue weighted by Crippen LogP contribution is -2.02. The van der Waals surface area contributed by atoms with E-state index in [1.807, 2.05) is 23.6 Å². The first kappa shape index (κ1) is 12.3. The molecule has 4 heterocycles. The number of fused-ring (bicyclic) bond motifs is 2. The molecule has 21 heavy (non-hydrogen) atoms. The Balaban J connectivity index is 1.63. The highest BCUT2D eigenvalue weighted by atomic mass is 32.1. The summed E-state index contributed by atoms with van der Waals surface area (Å²) in [6, 6.07) is 8.15. The molecule has 0 bridgehead atoms. The topological polar surface area (TPSA) is 55.1 Å². The molecule has 5 nitrogen and oxygen atoms in total.